The lowest BCUT2D eigenvalue weighted by Gasteiger charge is -2.14. The number of nitrogens with zero attached hydrogens (tertiary/aromatic N) is 1. The summed E-state index contributed by atoms with van der Waals surface area (Å²) in [4.78, 5) is 37.9. The molecule has 1 aromatic carbocycles. The number of rotatable bonds is 4. The number of amides is 3. The van der Waals surface area contributed by atoms with Crippen LogP contribution in [0.5, 0.6) is 5.75 Å². The van der Waals surface area contributed by atoms with Crippen LogP contribution in [0.1, 0.15) is 12.8 Å². The molecular weight excluding hydrogens is 296 g/mol. The van der Waals surface area contributed by atoms with Gasteiger partial charge in [-0.15, -0.1) is 0 Å². The van der Waals surface area contributed by atoms with Crippen molar-refractivity contribution in [3.63, 3.8) is 0 Å². The monoisotopic (exact) mass is 314 g/mol. The molecule has 6 nitrogen and oxygen atoms in total. The number of carbonyl (C=O) groups excluding carboxylic acids is 3. The Morgan fingerprint density at radius 1 is 1.22 bits per heavy atom. The van der Waals surface area contributed by atoms with Crippen molar-refractivity contribution in [1.82, 2.24) is 4.90 Å². The van der Waals surface area contributed by atoms with Crippen LogP contribution in [-0.2, 0) is 14.4 Å². The van der Waals surface area contributed by atoms with Gasteiger partial charge in [0.25, 0.3) is 0 Å². The van der Waals surface area contributed by atoms with Gasteiger partial charge in [0.15, 0.2) is 0 Å². The Labute approximate surface area is 134 Å². The number of ether oxygens (including phenoxy) is 1. The lowest BCUT2D eigenvalue weighted by molar-refractivity contribution is -0.142. The topological polar surface area (TPSA) is 75.7 Å². The maximum atomic E-state index is 12.3. The number of benzene rings is 1. The number of fused-ring (bicyclic) bond motifs is 1. The van der Waals surface area contributed by atoms with Crippen LogP contribution in [0.25, 0.3) is 0 Å². The van der Waals surface area contributed by atoms with Crippen LogP contribution >= 0.6 is 0 Å². The summed E-state index contributed by atoms with van der Waals surface area (Å²) in [6, 6.07) is 6.91. The van der Waals surface area contributed by atoms with E-state index in [0.29, 0.717) is 24.3 Å². The normalized spacial score (nSPS) is 22.9. The molecular formula is C17H18N2O4. The zero-order chi connectivity index (χ0) is 16.4. The molecule has 1 N–H and O–H groups in total. The Morgan fingerprint density at radius 3 is 2.48 bits per heavy atom. The average Bonchev–Trinajstić information content (AvgIpc) is 2.80. The molecule has 1 fully saturated rings. The van der Waals surface area contributed by atoms with Gasteiger partial charge >= 0.3 is 0 Å². The van der Waals surface area contributed by atoms with E-state index in [-0.39, 0.29) is 30.2 Å². The Bertz CT molecular complexity index is 657. The van der Waals surface area contributed by atoms with Crippen molar-refractivity contribution in [1.29, 1.82) is 0 Å². The molecule has 1 heterocycles. The number of methoxy groups -OCH3 is 1. The predicted molar refractivity (Wildman–Crippen MR) is 83.7 cm³/mol. The van der Waals surface area contributed by atoms with E-state index in [1.807, 2.05) is 12.2 Å². The van der Waals surface area contributed by atoms with E-state index in [2.05, 4.69) is 5.32 Å². The number of hydrogen-bond acceptors (Lipinski definition) is 4. The van der Waals surface area contributed by atoms with Gasteiger partial charge in [-0.3, -0.25) is 19.3 Å². The fourth-order valence-corrected chi connectivity index (χ4v) is 3.07. The third-order valence-corrected chi connectivity index (χ3v) is 4.25. The summed E-state index contributed by atoms with van der Waals surface area (Å²) >= 11 is 0. The van der Waals surface area contributed by atoms with Gasteiger partial charge < -0.3 is 10.1 Å². The summed E-state index contributed by atoms with van der Waals surface area (Å²) in [5, 5.41) is 2.69. The first kappa shape index (κ1) is 15.3. The first-order chi connectivity index (χ1) is 11.1. The van der Waals surface area contributed by atoms with E-state index in [0.717, 1.165) is 4.90 Å². The maximum Gasteiger partial charge on any atom is 0.244 e. The molecule has 1 aromatic rings. The minimum atomic E-state index is -0.397. The standard InChI is InChI=1S/C17H18N2O4/c1-23-12-6-4-5-11(9-12)18-15(20)10-19-16(21)13-7-2-3-8-14(13)17(19)22/h2-6,9,13-14H,7-8,10H2,1H3,(H,18,20). The van der Waals surface area contributed by atoms with Crippen LogP contribution < -0.4 is 10.1 Å². The lowest BCUT2D eigenvalue weighted by Crippen LogP contribution is -2.38. The fraction of sp³-hybridized carbons (Fsp3) is 0.353. The lowest BCUT2D eigenvalue weighted by atomic mass is 9.85. The number of likely N-dealkylation sites (tertiary alicyclic amines) is 1. The van der Waals surface area contributed by atoms with Crippen LogP contribution in [-0.4, -0.2) is 36.3 Å². The number of imide groups is 1. The van der Waals surface area contributed by atoms with Crippen molar-refractivity contribution >= 4 is 23.4 Å². The molecule has 2 unspecified atom stereocenters. The van der Waals surface area contributed by atoms with Crippen molar-refractivity contribution in [2.24, 2.45) is 11.8 Å². The first-order valence-corrected chi connectivity index (χ1v) is 7.54. The van der Waals surface area contributed by atoms with Crippen molar-refractivity contribution in [2.45, 2.75) is 12.8 Å². The summed E-state index contributed by atoms with van der Waals surface area (Å²) in [5.74, 6) is -0.885. The summed E-state index contributed by atoms with van der Waals surface area (Å²) < 4.78 is 5.09. The van der Waals surface area contributed by atoms with Gasteiger partial charge in [0.2, 0.25) is 17.7 Å². The van der Waals surface area contributed by atoms with Gasteiger partial charge in [0.05, 0.1) is 18.9 Å². The SMILES string of the molecule is COc1cccc(NC(=O)CN2C(=O)C3CC=CCC3C2=O)c1. The molecule has 3 amide bonds. The minimum Gasteiger partial charge on any atom is -0.497 e. The molecule has 0 spiro atoms. The molecule has 2 aliphatic rings. The van der Waals surface area contributed by atoms with Gasteiger partial charge in [-0.25, -0.2) is 0 Å². The van der Waals surface area contributed by atoms with Crippen LogP contribution in [0, 0.1) is 11.8 Å². The molecule has 120 valence electrons. The second kappa shape index (κ2) is 6.24. The molecule has 1 aliphatic carbocycles. The highest BCUT2D eigenvalue weighted by atomic mass is 16.5. The van der Waals surface area contributed by atoms with Crippen molar-refractivity contribution in [3.05, 3.63) is 36.4 Å². The van der Waals surface area contributed by atoms with Gasteiger partial charge in [-0.05, 0) is 25.0 Å². The molecule has 3 rings (SSSR count). The summed E-state index contributed by atoms with van der Waals surface area (Å²) in [6.07, 6.45) is 4.99. The molecule has 2 atom stereocenters. The van der Waals surface area contributed by atoms with Crippen LogP contribution in [0.2, 0.25) is 0 Å². The third kappa shape index (κ3) is 2.97. The zero-order valence-electron chi connectivity index (χ0n) is 12.8. The molecule has 0 aromatic heterocycles. The van der Waals surface area contributed by atoms with Gasteiger partial charge in [-0.2, -0.15) is 0 Å². The third-order valence-electron chi connectivity index (χ3n) is 4.25. The second-order valence-corrected chi connectivity index (χ2v) is 5.70. The van der Waals surface area contributed by atoms with Gasteiger partial charge in [0, 0.05) is 11.8 Å². The number of allylic oxidation sites excluding steroid dienone is 2. The van der Waals surface area contributed by atoms with E-state index in [1.165, 1.54) is 7.11 Å². The minimum absolute atomic E-state index is 0.245. The maximum absolute atomic E-state index is 12.3. The van der Waals surface area contributed by atoms with E-state index in [1.54, 1.807) is 24.3 Å². The van der Waals surface area contributed by atoms with Gasteiger partial charge in [-0.1, -0.05) is 18.2 Å². The summed E-state index contributed by atoms with van der Waals surface area (Å²) in [7, 11) is 1.54. The van der Waals surface area contributed by atoms with Crippen molar-refractivity contribution in [3.8, 4) is 5.75 Å². The molecule has 23 heavy (non-hydrogen) atoms. The van der Waals surface area contributed by atoms with Gasteiger partial charge in [0.1, 0.15) is 12.3 Å². The number of carbonyl (C=O) groups is 3. The average molecular weight is 314 g/mol. The molecule has 0 saturated carbocycles. The Hall–Kier alpha value is -2.63. The Kier molecular flexibility index (Phi) is 4.14. The van der Waals surface area contributed by atoms with Crippen LogP contribution in [0.3, 0.4) is 0 Å². The zero-order valence-corrected chi connectivity index (χ0v) is 12.8. The molecule has 0 radical (unpaired) electrons. The first-order valence-electron chi connectivity index (χ1n) is 7.54. The Morgan fingerprint density at radius 2 is 1.87 bits per heavy atom. The predicted octanol–water partition coefficient (Wildman–Crippen LogP) is 1.58. The number of anilines is 1. The number of nitrogens with one attached hydrogen (secondary N) is 1. The molecule has 1 saturated heterocycles. The summed E-state index contributed by atoms with van der Waals surface area (Å²) in [5.41, 5.74) is 0.563. The highest BCUT2D eigenvalue weighted by Crippen LogP contribution is 2.34. The molecule has 0 bridgehead atoms. The van der Waals surface area contributed by atoms with Crippen LogP contribution in [0.15, 0.2) is 36.4 Å². The van der Waals surface area contributed by atoms with E-state index in [4.69, 9.17) is 4.74 Å². The van der Waals surface area contributed by atoms with E-state index >= 15 is 0 Å². The molecule has 6 heteroatoms. The van der Waals surface area contributed by atoms with E-state index in [9.17, 15) is 14.4 Å². The quantitative estimate of drug-likeness (QED) is 0.676. The second-order valence-electron chi connectivity index (χ2n) is 5.70. The van der Waals surface area contributed by atoms with Crippen molar-refractivity contribution < 1.29 is 19.1 Å². The number of hydrogen-bond donors (Lipinski definition) is 1. The highest BCUT2D eigenvalue weighted by Gasteiger charge is 2.47. The highest BCUT2D eigenvalue weighted by molar-refractivity contribution is 6.08. The van der Waals surface area contributed by atoms with Crippen molar-refractivity contribution in [2.75, 3.05) is 19.0 Å². The van der Waals surface area contributed by atoms with Crippen LogP contribution in [0.4, 0.5) is 5.69 Å². The largest absolute Gasteiger partial charge is 0.497 e. The fourth-order valence-electron chi connectivity index (χ4n) is 3.07. The summed E-state index contributed by atoms with van der Waals surface area (Å²) in [6.45, 7) is -0.248. The smallest absolute Gasteiger partial charge is 0.244 e. The Balaban J connectivity index is 1.66. The van der Waals surface area contributed by atoms with E-state index < -0.39 is 5.91 Å². The molecule has 1 aliphatic heterocycles.